The van der Waals surface area contributed by atoms with Crippen molar-refractivity contribution in [3.63, 3.8) is 0 Å². The number of nitrogens with zero attached hydrogens (tertiary/aromatic N) is 2. The van der Waals surface area contributed by atoms with E-state index in [9.17, 15) is 13.2 Å². The summed E-state index contributed by atoms with van der Waals surface area (Å²) in [6, 6.07) is 4.92. The first kappa shape index (κ1) is 11.6. The molecule has 2 rings (SSSR count). The summed E-state index contributed by atoms with van der Waals surface area (Å²) in [4.78, 5) is 0. The van der Waals surface area contributed by atoms with E-state index in [1.54, 1.807) is 6.92 Å². The second-order valence-electron chi connectivity index (χ2n) is 3.62. The summed E-state index contributed by atoms with van der Waals surface area (Å²) in [5.74, 6) is 0.157. The van der Waals surface area contributed by atoms with E-state index in [1.165, 1.54) is 18.5 Å². The smallest absolute Gasteiger partial charge is 0.416 e. The maximum Gasteiger partial charge on any atom is 0.416 e. The molecule has 0 aliphatic heterocycles. The highest BCUT2D eigenvalue weighted by Gasteiger charge is 2.30. The van der Waals surface area contributed by atoms with E-state index in [0.29, 0.717) is 11.5 Å². The molecule has 0 amide bonds. The van der Waals surface area contributed by atoms with Crippen molar-refractivity contribution in [1.29, 1.82) is 0 Å². The molecule has 1 aromatic heterocycles. The predicted octanol–water partition coefficient (Wildman–Crippen LogP) is 3.24. The molecule has 0 N–H and O–H groups in total. The Morgan fingerprint density at radius 3 is 2.29 bits per heavy atom. The van der Waals surface area contributed by atoms with Crippen LogP contribution in [0.15, 0.2) is 35.1 Å². The highest BCUT2D eigenvalue weighted by atomic mass is 19.4. The Kier molecular flexibility index (Phi) is 2.87. The van der Waals surface area contributed by atoms with E-state index in [2.05, 4.69) is 10.2 Å². The number of alkyl halides is 3. The SMILES string of the molecule is CC(c1ccc(C(F)(F)F)cc1)c1nnco1. The Hall–Kier alpha value is -1.85. The van der Waals surface area contributed by atoms with E-state index in [1.807, 2.05) is 0 Å². The van der Waals surface area contributed by atoms with Crippen molar-refractivity contribution in [2.45, 2.75) is 19.0 Å². The molecule has 0 saturated carbocycles. The van der Waals surface area contributed by atoms with Crippen molar-refractivity contribution in [1.82, 2.24) is 10.2 Å². The molecule has 2 aromatic rings. The van der Waals surface area contributed by atoms with Crippen LogP contribution in [0.1, 0.15) is 29.9 Å². The van der Waals surface area contributed by atoms with Crippen LogP contribution in [0.5, 0.6) is 0 Å². The Bertz CT molecular complexity index is 476. The Labute approximate surface area is 95.3 Å². The van der Waals surface area contributed by atoms with Gasteiger partial charge in [0.1, 0.15) is 0 Å². The largest absolute Gasteiger partial charge is 0.427 e. The fourth-order valence-electron chi connectivity index (χ4n) is 1.47. The zero-order valence-electron chi connectivity index (χ0n) is 8.90. The van der Waals surface area contributed by atoms with Gasteiger partial charge < -0.3 is 4.42 Å². The fraction of sp³-hybridized carbons (Fsp3) is 0.273. The summed E-state index contributed by atoms with van der Waals surface area (Å²) in [5.41, 5.74) is 0.0289. The van der Waals surface area contributed by atoms with Gasteiger partial charge in [-0.15, -0.1) is 10.2 Å². The van der Waals surface area contributed by atoms with Gasteiger partial charge in [0.15, 0.2) is 0 Å². The Morgan fingerprint density at radius 2 is 1.82 bits per heavy atom. The van der Waals surface area contributed by atoms with Crippen molar-refractivity contribution in [3.8, 4) is 0 Å². The Balaban J connectivity index is 2.24. The fourth-order valence-corrected chi connectivity index (χ4v) is 1.47. The van der Waals surface area contributed by atoms with Gasteiger partial charge in [0.25, 0.3) is 0 Å². The zero-order valence-corrected chi connectivity index (χ0v) is 8.90. The standard InChI is InChI=1S/C11H9F3N2O/c1-7(10-16-15-6-17-10)8-2-4-9(5-3-8)11(12,13)14/h2-7H,1H3. The number of benzene rings is 1. The molecule has 0 aliphatic rings. The van der Waals surface area contributed by atoms with Crippen LogP contribution in [0.4, 0.5) is 13.2 Å². The minimum Gasteiger partial charge on any atom is -0.427 e. The minimum atomic E-state index is -4.31. The van der Waals surface area contributed by atoms with Crippen LogP contribution >= 0.6 is 0 Å². The minimum absolute atomic E-state index is 0.222. The molecule has 1 atom stereocenters. The zero-order chi connectivity index (χ0) is 12.5. The molecule has 3 nitrogen and oxygen atoms in total. The summed E-state index contributed by atoms with van der Waals surface area (Å²) < 4.78 is 42.1. The topological polar surface area (TPSA) is 38.9 Å². The van der Waals surface area contributed by atoms with Gasteiger partial charge in [0.2, 0.25) is 12.3 Å². The van der Waals surface area contributed by atoms with Gasteiger partial charge in [-0.1, -0.05) is 12.1 Å². The summed E-state index contributed by atoms with van der Waals surface area (Å²) in [7, 11) is 0. The molecule has 6 heteroatoms. The van der Waals surface area contributed by atoms with Gasteiger partial charge in [-0.25, -0.2) is 0 Å². The van der Waals surface area contributed by atoms with Crippen molar-refractivity contribution in [2.75, 3.05) is 0 Å². The first-order valence-corrected chi connectivity index (χ1v) is 4.91. The van der Waals surface area contributed by atoms with Gasteiger partial charge in [0.05, 0.1) is 11.5 Å². The monoisotopic (exact) mass is 242 g/mol. The van der Waals surface area contributed by atoms with E-state index in [-0.39, 0.29) is 5.92 Å². The lowest BCUT2D eigenvalue weighted by Gasteiger charge is -2.10. The molecule has 1 aromatic carbocycles. The lowest BCUT2D eigenvalue weighted by Crippen LogP contribution is -2.05. The Morgan fingerprint density at radius 1 is 1.18 bits per heavy atom. The molecule has 0 radical (unpaired) electrons. The van der Waals surface area contributed by atoms with Crippen LogP contribution in [-0.4, -0.2) is 10.2 Å². The van der Waals surface area contributed by atoms with Crippen molar-refractivity contribution in [2.24, 2.45) is 0 Å². The lowest BCUT2D eigenvalue weighted by atomic mass is 10.00. The number of hydrogen-bond donors (Lipinski definition) is 0. The number of rotatable bonds is 2. The molecular weight excluding hydrogens is 233 g/mol. The quantitative estimate of drug-likeness (QED) is 0.811. The average Bonchev–Trinajstić information content (AvgIpc) is 2.80. The molecule has 0 bridgehead atoms. The van der Waals surface area contributed by atoms with Crippen LogP contribution in [0.3, 0.4) is 0 Å². The van der Waals surface area contributed by atoms with E-state index >= 15 is 0 Å². The molecule has 0 aliphatic carbocycles. The third kappa shape index (κ3) is 2.46. The summed E-state index contributed by atoms with van der Waals surface area (Å²) in [6.45, 7) is 1.79. The van der Waals surface area contributed by atoms with Crippen molar-refractivity contribution in [3.05, 3.63) is 47.7 Å². The molecular formula is C11H9F3N2O. The van der Waals surface area contributed by atoms with Crippen LogP contribution in [-0.2, 0) is 6.18 Å². The number of aromatic nitrogens is 2. The van der Waals surface area contributed by atoms with Gasteiger partial charge in [-0.05, 0) is 24.6 Å². The number of halogens is 3. The predicted molar refractivity (Wildman–Crippen MR) is 53.3 cm³/mol. The molecule has 0 saturated heterocycles. The first-order chi connectivity index (χ1) is 7.98. The van der Waals surface area contributed by atoms with Crippen LogP contribution in [0.25, 0.3) is 0 Å². The third-order valence-corrected chi connectivity index (χ3v) is 2.49. The van der Waals surface area contributed by atoms with Gasteiger partial charge in [0, 0.05) is 0 Å². The second kappa shape index (κ2) is 4.20. The summed E-state index contributed by atoms with van der Waals surface area (Å²) in [6.07, 6.45) is -3.12. The van der Waals surface area contributed by atoms with Crippen molar-refractivity contribution < 1.29 is 17.6 Å². The van der Waals surface area contributed by atoms with Gasteiger partial charge in [-0.2, -0.15) is 13.2 Å². The van der Waals surface area contributed by atoms with E-state index < -0.39 is 11.7 Å². The molecule has 0 fully saturated rings. The van der Waals surface area contributed by atoms with Crippen LogP contribution < -0.4 is 0 Å². The third-order valence-electron chi connectivity index (χ3n) is 2.49. The highest BCUT2D eigenvalue weighted by molar-refractivity contribution is 5.29. The summed E-state index contributed by atoms with van der Waals surface area (Å²) >= 11 is 0. The van der Waals surface area contributed by atoms with Crippen LogP contribution in [0.2, 0.25) is 0 Å². The van der Waals surface area contributed by atoms with E-state index in [0.717, 1.165) is 12.1 Å². The normalized spacial score (nSPS) is 13.6. The molecule has 0 spiro atoms. The molecule has 90 valence electrons. The summed E-state index contributed by atoms with van der Waals surface area (Å²) in [5, 5.41) is 7.25. The molecule has 17 heavy (non-hydrogen) atoms. The van der Waals surface area contributed by atoms with Crippen LogP contribution in [0, 0.1) is 0 Å². The maximum atomic E-state index is 12.4. The number of hydrogen-bond acceptors (Lipinski definition) is 3. The molecule has 1 heterocycles. The molecule has 1 unspecified atom stereocenters. The lowest BCUT2D eigenvalue weighted by molar-refractivity contribution is -0.137. The second-order valence-corrected chi connectivity index (χ2v) is 3.62. The highest BCUT2D eigenvalue weighted by Crippen LogP contribution is 2.31. The van der Waals surface area contributed by atoms with E-state index in [4.69, 9.17) is 4.42 Å². The average molecular weight is 242 g/mol. The maximum absolute atomic E-state index is 12.4. The first-order valence-electron chi connectivity index (χ1n) is 4.91. The van der Waals surface area contributed by atoms with Gasteiger partial charge in [-0.3, -0.25) is 0 Å². The van der Waals surface area contributed by atoms with Gasteiger partial charge >= 0.3 is 6.18 Å². The van der Waals surface area contributed by atoms with Crippen molar-refractivity contribution >= 4 is 0 Å².